The number of rotatable bonds is 2. The molecule has 2 aromatic carbocycles. The van der Waals surface area contributed by atoms with Crippen molar-refractivity contribution >= 4 is 17.8 Å². The second-order valence-electron chi connectivity index (χ2n) is 8.14. The van der Waals surface area contributed by atoms with Gasteiger partial charge in [-0.2, -0.15) is 13.6 Å². The lowest BCUT2D eigenvalue weighted by molar-refractivity contribution is 0.536. The summed E-state index contributed by atoms with van der Waals surface area (Å²) >= 11 is 0. The third-order valence-corrected chi connectivity index (χ3v) is 5.66. The first kappa shape index (κ1) is 16.9. The number of benzene rings is 2. The predicted octanol–water partition coefficient (Wildman–Crippen LogP) is 5.50. The molecule has 0 spiro atoms. The lowest BCUT2D eigenvalue weighted by atomic mass is 9.44. The molecule has 2 atom stereocenters. The fraction of sp³-hybridized carbons (Fsp3) is 0.429. The van der Waals surface area contributed by atoms with Crippen LogP contribution in [0.1, 0.15) is 31.4 Å². The summed E-state index contributed by atoms with van der Waals surface area (Å²) in [5, 5.41) is 0. The van der Waals surface area contributed by atoms with Gasteiger partial charge in [-0.15, -0.1) is 0 Å². The highest BCUT2D eigenvalue weighted by atomic mass is 15.3. The molecule has 0 aromatic heterocycles. The van der Waals surface area contributed by atoms with Crippen molar-refractivity contribution in [3.8, 4) is 0 Å². The van der Waals surface area contributed by atoms with E-state index in [4.69, 9.17) is 0 Å². The second-order valence-corrected chi connectivity index (χ2v) is 8.14. The fourth-order valence-electron chi connectivity index (χ4n) is 4.77. The minimum Gasteiger partial charge on any atom is -0.525 e. The molecular weight excluding hydrogens is 291 g/mol. The first-order valence-corrected chi connectivity index (χ1v) is 9.25. The summed E-state index contributed by atoms with van der Waals surface area (Å²) in [6, 6.07) is 19.1. The van der Waals surface area contributed by atoms with Crippen LogP contribution in [0, 0.1) is 13.8 Å². The largest absolute Gasteiger partial charge is 0.525 e. The van der Waals surface area contributed by atoms with Gasteiger partial charge in [-0.25, -0.2) is 0 Å². The van der Waals surface area contributed by atoms with E-state index in [0.717, 1.165) is 0 Å². The first-order chi connectivity index (χ1) is 11.3. The van der Waals surface area contributed by atoms with E-state index >= 15 is 0 Å². The maximum atomic E-state index is 2.64. The third-order valence-electron chi connectivity index (χ3n) is 5.66. The van der Waals surface area contributed by atoms with E-state index in [1.165, 1.54) is 28.9 Å². The number of hydrogen-bond acceptors (Lipinski definition) is 2. The highest BCUT2D eigenvalue weighted by molar-refractivity contribution is 6.84. The summed E-state index contributed by atoms with van der Waals surface area (Å²) in [5.41, 5.74) is 5.30. The maximum Gasteiger partial charge on any atom is 0.175 e. The molecule has 0 amide bonds. The quantitative estimate of drug-likeness (QED) is 0.674. The molecule has 3 heteroatoms. The molecule has 128 valence electrons. The second kappa shape index (κ2) is 6.20. The highest BCUT2D eigenvalue weighted by Crippen LogP contribution is 2.38. The number of aryl methyl sites for hydroxylation is 2. The van der Waals surface area contributed by atoms with Crippen LogP contribution < -0.4 is 9.62 Å². The monoisotopic (exact) mass is 321 g/mol. The minimum atomic E-state index is -0.866. The van der Waals surface area contributed by atoms with Crippen molar-refractivity contribution < 1.29 is 0 Å². The van der Waals surface area contributed by atoms with Gasteiger partial charge in [0.05, 0.1) is 0 Å². The lowest BCUT2D eigenvalue weighted by Gasteiger charge is -2.65. The Labute approximate surface area is 147 Å². The molecular formula is C21H30BN2-. The number of nitrogens with zero attached hydrogens (tertiary/aromatic N) is 2. The van der Waals surface area contributed by atoms with Crippen molar-refractivity contribution in [2.24, 2.45) is 0 Å². The molecule has 24 heavy (non-hydrogen) atoms. The van der Waals surface area contributed by atoms with Gasteiger partial charge in [0.15, 0.2) is 6.42 Å². The van der Waals surface area contributed by atoms with Crippen LogP contribution in [0.15, 0.2) is 48.5 Å². The Morgan fingerprint density at radius 2 is 1.04 bits per heavy atom. The Morgan fingerprint density at radius 3 is 1.38 bits per heavy atom. The molecule has 0 saturated carbocycles. The van der Waals surface area contributed by atoms with Crippen LogP contribution in [0.3, 0.4) is 0 Å². The van der Waals surface area contributed by atoms with E-state index < -0.39 is 6.42 Å². The topological polar surface area (TPSA) is 6.48 Å². The van der Waals surface area contributed by atoms with Crippen LogP contribution in [0.5, 0.6) is 0 Å². The molecule has 0 aliphatic carbocycles. The summed E-state index contributed by atoms with van der Waals surface area (Å²) in [7, 11) is 0. The summed E-state index contributed by atoms with van der Waals surface area (Å²) in [6.07, 6.45) is 0.307. The predicted molar refractivity (Wildman–Crippen MR) is 108 cm³/mol. The highest BCUT2D eigenvalue weighted by Gasteiger charge is 2.38. The summed E-state index contributed by atoms with van der Waals surface area (Å²) in [6.45, 7) is 13.9. The molecule has 0 N–H and O–H groups in total. The minimum absolute atomic E-state index is 0.541. The van der Waals surface area contributed by atoms with Gasteiger partial charge in [-0.1, -0.05) is 35.4 Å². The zero-order valence-corrected chi connectivity index (χ0v) is 16.0. The van der Waals surface area contributed by atoms with Crippen LogP contribution in [-0.2, 0) is 0 Å². The van der Waals surface area contributed by atoms with Gasteiger partial charge in [-0.05, 0) is 81.8 Å². The van der Waals surface area contributed by atoms with E-state index in [-0.39, 0.29) is 0 Å². The average molecular weight is 321 g/mol. The molecule has 0 radical (unpaired) electrons. The van der Waals surface area contributed by atoms with Gasteiger partial charge in [0, 0.05) is 0 Å². The Bertz CT molecular complexity index is 631. The van der Waals surface area contributed by atoms with Crippen LogP contribution in [0.2, 0.25) is 13.6 Å². The van der Waals surface area contributed by atoms with Gasteiger partial charge in [0.2, 0.25) is 0 Å². The van der Waals surface area contributed by atoms with E-state index in [2.05, 4.69) is 99.5 Å². The molecule has 2 nitrogen and oxygen atoms in total. The molecule has 1 saturated heterocycles. The molecule has 2 aromatic rings. The Balaban J connectivity index is 2.03. The van der Waals surface area contributed by atoms with Crippen molar-refractivity contribution in [1.82, 2.24) is 0 Å². The molecule has 0 bridgehead atoms. The van der Waals surface area contributed by atoms with Gasteiger partial charge >= 0.3 is 0 Å². The smallest absolute Gasteiger partial charge is 0.175 e. The van der Waals surface area contributed by atoms with E-state index in [1.807, 2.05) is 0 Å². The van der Waals surface area contributed by atoms with Crippen molar-refractivity contribution in [2.45, 2.75) is 59.8 Å². The van der Waals surface area contributed by atoms with Crippen molar-refractivity contribution in [3.05, 3.63) is 59.7 Å². The summed E-state index contributed by atoms with van der Waals surface area (Å²) in [4.78, 5) is 5.28. The molecule has 1 fully saturated rings. The van der Waals surface area contributed by atoms with Crippen LogP contribution in [0.25, 0.3) is 0 Å². The number of hydrogen-bond donors (Lipinski definition) is 0. The van der Waals surface area contributed by atoms with Crippen molar-refractivity contribution in [1.29, 1.82) is 0 Å². The maximum absolute atomic E-state index is 2.64. The van der Waals surface area contributed by atoms with Gasteiger partial charge in [0.1, 0.15) is 0 Å². The Kier molecular flexibility index (Phi) is 4.37. The van der Waals surface area contributed by atoms with E-state index in [9.17, 15) is 0 Å². The van der Waals surface area contributed by atoms with E-state index in [1.54, 1.807) is 0 Å². The third kappa shape index (κ3) is 2.92. The molecule has 2 unspecified atom stereocenters. The van der Waals surface area contributed by atoms with Gasteiger partial charge in [-0.3, -0.25) is 0 Å². The number of anilines is 2. The molecule has 3 rings (SSSR count). The van der Waals surface area contributed by atoms with Crippen molar-refractivity contribution in [2.75, 3.05) is 9.62 Å². The standard InChI is InChI=1S/C21H30BN2/c1-16-7-11-20(12-8-16)23-18(3)15-19(4)24(22(23,5)6)21-13-9-17(2)10-14-21/h7-14,18-19H,15H2,1-6H3/q-1. The van der Waals surface area contributed by atoms with Gasteiger partial charge < -0.3 is 9.62 Å². The first-order valence-electron chi connectivity index (χ1n) is 9.25. The molecule has 1 aliphatic heterocycles. The average Bonchev–Trinajstić information content (AvgIpc) is 2.50. The SMILES string of the molecule is Cc1ccc(N2C(C)CC(C)N(c3ccc(C)cc3)[B-]2(C)C)cc1. The van der Waals surface area contributed by atoms with Crippen LogP contribution >= 0.6 is 0 Å². The van der Waals surface area contributed by atoms with Crippen LogP contribution in [0.4, 0.5) is 11.4 Å². The summed E-state index contributed by atoms with van der Waals surface area (Å²) < 4.78 is 0. The zero-order valence-electron chi connectivity index (χ0n) is 16.0. The Hall–Kier alpha value is -1.90. The summed E-state index contributed by atoms with van der Waals surface area (Å²) in [5.74, 6) is 0. The lowest BCUT2D eigenvalue weighted by Crippen LogP contribution is -2.71. The molecule has 1 heterocycles. The fourth-order valence-corrected chi connectivity index (χ4v) is 4.77. The van der Waals surface area contributed by atoms with Crippen molar-refractivity contribution in [3.63, 3.8) is 0 Å². The Morgan fingerprint density at radius 1 is 0.708 bits per heavy atom. The normalized spacial score (nSPS) is 23.4. The van der Waals surface area contributed by atoms with E-state index in [0.29, 0.717) is 12.1 Å². The van der Waals surface area contributed by atoms with Crippen LogP contribution in [-0.4, -0.2) is 18.5 Å². The molecule has 1 aliphatic rings. The van der Waals surface area contributed by atoms with Gasteiger partial charge in [0.25, 0.3) is 0 Å². The zero-order chi connectivity index (χ0) is 17.5.